The molecule has 0 fully saturated rings. The molecule has 0 spiro atoms. The Morgan fingerprint density at radius 2 is 1.83 bits per heavy atom. The van der Waals surface area contributed by atoms with E-state index < -0.39 is 0 Å². The number of ether oxygens (including phenoxy) is 1. The molecule has 0 bridgehead atoms. The van der Waals surface area contributed by atoms with E-state index in [1.54, 1.807) is 30.5 Å². The van der Waals surface area contributed by atoms with E-state index in [1.807, 2.05) is 53.2 Å². The SMILES string of the molecule is CCn1cnc2c(-c3cccnc3)nc(-n3cc(-c4ccccc4)c(OC)n3)nc21. The van der Waals surface area contributed by atoms with Crippen LogP contribution in [0.25, 0.3) is 39.5 Å². The van der Waals surface area contributed by atoms with E-state index in [0.29, 0.717) is 17.5 Å². The van der Waals surface area contributed by atoms with Gasteiger partial charge in [0.25, 0.3) is 5.95 Å². The van der Waals surface area contributed by atoms with Crippen LogP contribution in [0.15, 0.2) is 67.4 Å². The average molecular weight is 397 g/mol. The lowest BCUT2D eigenvalue weighted by Crippen LogP contribution is -2.06. The van der Waals surface area contributed by atoms with E-state index in [0.717, 1.165) is 34.4 Å². The first-order valence-corrected chi connectivity index (χ1v) is 9.61. The quantitative estimate of drug-likeness (QED) is 0.449. The molecule has 8 heteroatoms. The maximum absolute atomic E-state index is 5.52. The number of hydrogen-bond donors (Lipinski definition) is 0. The molecule has 0 aliphatic rings. The van der Waals surface area contributed by atoms with Gasteiger partial charge in [-0.15, -0.1) is 5.10 Å². The first-order chi connectivity index (χ1) is 14.8. The van der Waals surface area contributed by atoms with Crippen molar-refractivity contribution in [1.29, 1.82) is 0 Å². The van der Waals surface area contributed by atoms with Crippen LogP contribution in [0.3, 0.4) is 0 Å². The summed E-state index contributed by atoms with van der Waals surface area (Å²) >= 11 is 0. The summed E-state index contributed by atoms with van der Waals surface area (Å²) in [6, 6.07) is 13.8. The third-order valence-electron chi connectivity index (χ3n) is 4.89. The molecule has 8 nitrogen and oxygen atoms in total. The summed E-state index contributed by atoms with van der Waals surface area (Å²) in [7, 11) is 1.61. The Morgan fingerprint density at radius 1 is 1.00 bits per heavy atom. The number of aryl methyl sites for hydroxylation is 1. The number of benzene rings is 1. The molecule has 148 valence electrons. The number of pyridine rings is 1. The molecule has 4 aromatic heterocycles. The Kier molecular flexibility index (Phi) is 4.44. The Bertz CT molecular complexity index is 1310. The van der Waals surface area contributed by atoms with Gasteiger partial charge in [0.15, 0.2) is 5.65 Å². The van der Waals surface area contributed by atoms with Crippen LogP contribution >= 0.6 is 0 Å². The Labute approximate surface area is 172 Å². The second kappa shape index (κ2) is 7.40. The van der Waals surface area contributed by atoms with Crippen molar-refractivity contribution in [3.05, 3.63) is 67.4 Å². The zero-order valence-electron chi connectivity index (χ0n) is 16.6. The van der Waals surface area contributed by atoms with Crippen LogP contribution in [-0.2, 0) is 6.54 Å². The minimum absolute atomic E-state index is 0.442. The normalized spacial score (nSPS) is 11.1. The van der Waals surface area contributed by atoms with Crippen LogP contribution in [0.5, 0.6) is 5.88 Å². The summed E-state index contributed by atoms with van der Waals surface area (Å²) in [6.07, 6.45) is 7.17. The van der Waals surface area contributed by atoms with E-state index in [-0.39, 0.29) is 0 Å². The molecule has 30 heavy (non-hydrogen) atoms. The van der Waals surface area contributed by atoms with Crippen molar-refractivity contribution in [2.45, 2.75) is 13.5 Å². The van der Waals surface area contributed by atoms with Gasteiger partial charge in [-0.3, -0.25) is 4.98 Å². The van der Waals surface area contributed by atoms with Gasteiger partial charge in [0.1, 0.15) is 11.2 Å². The smallest absolute Gasteiger partial charge is 0.253 e. The van der Waals surface area contributed by atoms with Gasteiger partial charge in [-0.1, -0.05) is 30.3 Å². The van der Waals surface area contributed by atoms with Gasteiger partial charge in [-0.05, 0) is 24.6 Å². The van der Waals surface area contributed by atoms with Crippen molar-refractivity contribution in [3.63, 3.8) is 0 Å². The summed E-state index contributed by atoms with van der Waals surface area (Å²) in [6.45, 7) is 2.80. The van der Waals surface area contributed by atoms with Crippen LogP contribution in [0.2, 0.25) is 0 Å². The van der Waals surface area contributed by atoms with Gasteiger partial charge < -0.3 is 9.30 Å². The third-order valence-corrected chi connectivity index (χ3v) is 4.89. The molecule has 5 aromatic rings. The molecule has 5 rings (SSSR count). The molecular weight excluding hydrogens is 378 g/mol. The van der Waals surface area contributed by atoms with Crippen LogP contribution < -0.4 is 4.74 Å². The van der Waals surface area contributed by atoms with Gasteiger partial charge in [-0.2, -0.15) is 4.98 Å². The zero-order valence-corrected chi connectivity index (χ0v) is 16.6. The molecule has 0 unspecified atom stereocenters. The van der Waals surface area contributed by atoms with Crippen LogP contribution in [0.1, 0.15) is 6.92 Å². The summed E-state index contributed by atoms with van der Waals surface area (Å²) in [4.78, 5) is 18.3. The van der Waals surface area contributed by atoms with Gasteiger partial charge in [0.05, 0.1) is 19.0 Å². The predicted octanol–water partition coefficient (Wildman–Crippen LogP) is 3.77. The Morgan fingerprint density at radius 3 is 2.57 bits per heavy atom. The molecule has 0 aliphatic heterocycles. The van der Waals surface area contributed by atoms with E-state index in [4.69, 9.17) is 14.7 Å². The molecule has 0 saturated carbocycles. The predicted molar refractivity (Wildman–Crippen MR) is 113 cm³/mol. The summed E-state index contributed by atoms with van der Waals surface area (Å²) in [5.41, 5.74) is 4.94. The highest BCUT2D eigenvalue weighted by atomic mass is 16.5. The number of hydrogen-bond acceptors (Lipinski definition) is 6. The van der Waals surface area contributed by atoms with Crippen molar-refractivity contribution in [2.24, 2.45) is 0 Å². The highest BCUT2D eigenvalue weighted by Crippen LogP contribution is 2.30. The number of aromatic nitrogens is 7. The van der Waals surface area contributed by atoms with Gasteiger partial charge in [-0.25, -0.2) is 14.6 Å². The number of fused-ring (bicyclic) bond motifs is 1. The lowest BCUT2D eigenvalue weighted by molar-refractivity contribution is 0.395. The van der Waals surface area contributed by atoms with Crippen LogP contribution in [0.4, 0.5) is 0 Å². The lowest BCUT2D eigenvalue weighted by Gasteiger charge is -2.06. The van der Waals surface area contributed by atoms with E-state index in [9.17, 15) is 0 Å². The fourth-order valence-electron chi connectivity index (χ4n) is 3.40. The average Bonchev–Trinajstić information content (AvgIpc) is 3.43. The van der Waals surface area contributed by atoms with Crippen molar-refractivity contribution in [1.82, 2.24) is 34.3 Å². The maximum atomic E-state index is 5.52. The van der Waals surface area contributed by atoms with Crippen molar-refractivity contribution in [3.8, 4) is 34.2 Å². The fourth-order valence-corrected chi connectivity index (χ4v) is 3.40. The van der Waals surface area contributed by atoms with Crippen LogP contribution in [0, 0.1) is 0 Å². The maximum Gasteiger partial charge on any atom is 0.253 e. The molecule has 0 saturated heterocycles. The topological polar surface area (TPSA) is 83.5 Å². The first-order valence-electron chi connectivity index (χ1n) is 9.61. The molecule has 0 atom stereocenters. The minimum Gasteiger partial charge on any atom is -0.479 e. The molecule has 0 aliphatic carbocycles. The molecule has 1 aromatic carbocycles. The highest BCUT2D eigenvalue weighted by molar-refractivity contribution is 5.87. The van der Waals surface area contributed by atoms with Crippen molar-refractivity contribution < 1.29 is 4.74 Å². The summed E-state index contributed by atoms with van der Waals surface area (Å²) in [5.74, 6) is 0.953. The second-order valence-corrected chi connectivity index (χ2v) is 6.68. The van der Waals surface area contributed by atoms with Gasteiger partial charge in [0, 0.05) is 30.7 Å². The Hall–Kier alpha value is -4.07. The number of imidazole rings is 1. The minimum atomic E-state index is 0.442. The van der Waals surface area contributed by atoms with Crippen molar-refractivity contribution in [2.75, 3.05) is 7.11 Å². The van der Waals surface area contributed by atoms with E-state index in [1.165, 1.54) is 0 Å². The van der Waals surface area contributed by atoms with E-state index in [2.05, 4.69) is 22.0 Å². The molecule has 4 heterocycles. The zero-order chi connectivity index (χ0) is 20.5. The molecule has 0 N–H and O–H groups in total. The van der Waals surface area contributed by atoms with Crippen molar-refractivity contribution >= 4 is 11.2 Å². The number of rotatable bonds is 5. The van der Waals surface area contributed by atoms with Crippen LogP contribution in [-0.4, -0.2) is 41.4 Å². The Balaban J connectivity index is 1.73. The number of methoxy groups -OCH3 is 1. The summed E-state index contributed by atoms with van der Waals surface area (Å²) < 4.78 is 9.15. The van der Waals surface area contributed by atoms with Gasteiger partial charge >= 0.3 is 0 Å². The molecular formula is C22H19N7O. The van der Waals surface area contributed by atoms with E-state index >= 15 is 0 Å². The fraction of sp³-hybridized carbons (Fsp3) is 0.136. The highest BCUT2D eigenvalue weighted by Gasteiger charge is 2.18. The molecule has 0 radical (unpaired) electrons. The van der Waals surface area contributed by atoms with Gasteiger partial charge in [0.2, 0.25) is 5.88 Å². The lowest BCUT2D eigenvalue weighted by atomic mass is 10.1. The molecule has 0 amide bonds. The third kappa shape index (κ3) is 2.98. The second-order valence-electron chi connectivity index (χ2n) is 6.68. The standard InChI is InChI=1S/C22H19N7O/c1-3-28-14-24-19-18(16-10-7-11-23-12-16)25-22(26-20(19)28)29-13-17(21(27-29)30-2)15-8-5-4-6-9-15/h4-14H,3H2,1-2H3. The first kappa shape index (κ1) is 18.0. The summed E-state index contributed by atoms with van der Waals surface area (Å²) in [5, 5.41) is 4.58. The monoisotopic (exact) mass is 397 g/mol. The number of nitrogens with zero attached hydrogens (tertiary/aromatic N) is 7. The largest absolute Gasteiger partial charge is 0.479 e.